The van der Waals surface area contributed by atoms with Crippen molar-refractivity contribution in [3.05, 3.63) is 71.8 Å². The molecule has 0 bridgehead atoms. The average molecular weight is 471 g/mol. The molecule has 168 valence electrons. The molecular weight excluding hydrogens is 444 g/mol. The molecule has 0 heterocycles. The number of terminal acetylenes is 2. The van der Waals surface area contributed by atoms with Crippen molar-refractivity contribution in [3.63, 3.8) is 0 Å². The van der Waals surface area contributed by atoms with Crippen LogP contribution in [0.1, 0.15) is 11.1 Å². The molecular formula is C24H26N2O4S2. The van der Waals surface area contributed by atoms with E-state index in [0.717, 1.165) is 19.7 Å². The summed E-state index contributed by atoms with van der Waals surface area (Å²) in [5.41, 5.74) is 1.88. The SMILES string of the molecule is C#CCN(C/C=C/CN(CC#C)S(=O)(=O)c1ccc(C)cc1)S(=O)(=O)c1ccc(C)cc1. The summed E-state index contributed by atoms with van der Waals surface area (Å²) >= 11 is 0. The van der Waals surface area contributed by atoms with Crippen LogP contribution in [-0.4, -0.2) is 51.6 Å². The molecule has 0 aliphatic heterocycles. The fraction of sp³-hybridized carbons (Fsp3) is 0.250. The molecule has 0 spiro atoms. The normalized spacial score (nSPS) is 12.2. The largest absolute Gasteiger partial charge is 0.244 e. The van der Waals surface area contributed by atoms with Crippen molar-refractivity contribution in [3.8, 4) is 24.7 Å². The van der Waals surface area contributed by atoms with Crippen LogP contribution in [0.2, 0.25) is 0 Å². The molecule has 2 aromatic carbocycles. The number of rotatable bonds is 10. The van der Waals surface area contributed by atoms with Crippen LogP contribution in [0.15, 0.2) is 70.5 Å². The van der Waals surface area contributed by atoms with Gasteiger partial charge in [0, 0.05) is 13.1 Å². The highest BCUT2D eigenvalue weighted by Crippen LogP contribution is 2.17. The van der Waals surface area contributed by atoms with Gasteiger partial charge in [-0.1, -0.05) is 59.4 Å². The van der Waals surface area contributed by atoms with E-state index in [4.69, 9.17) is 12.8 Å². The lowest BCUT2D eigenvalue weighted by Gasteiger charge is -2.20. The first kappa shape index (κ1) is 25.4. The molecule has 0 aliphatic carbocycles. The monoisotopic (exact) mass is 470 g/mol. The third-order valence-electron chi connectivity index (χ3n) is 4.64. The second-order valence-corrected chi connectivity index (χ2v) is 11.0. The van der Waals surface area contributed by atoms with Gasteiger partial charge in [0.25, 0.3) is 0 Å². The maximum absolute atomic E-state index is 12.9. The van der Waals surface area contributed by atoms with Gasteiger partial charge in [0.2, 0.25) is 20.0 Å². The molecule has 0 N–H and O–H groups in total. The minimum absolute atomic E-state index is 0.00508. The third kappa shape index (κ3) is 6.32. The van der Waals surface area contributed by atoms with Crippen molar-refractivity contribution in [1.29, 1.82) is 0 Å². The van der Waals surface area contributed by atoms with E-state index in [9.17, 15) is 16.8 Å². The second kappa shape index (κ2) is 11.1. The Balaban J connectivity index is 2.17. The predicted octanol–water partition coefficient (Wildman–Crippen LogP) is 2.81. The Kier molecular flexibility index (Phi) is 8.82. The highest BCUT2D eigenvalue weighted by Gasteiger charge is 2.24. The minimum Gasteiger partial charge on any atom is -0.207 e. The van der Waals surface area contributed by atoms with Crippen LogP contribution in [0.5, 0.6) is 0 Å². The lowest BCUT2D eigenvalue weighted by atomic mass is 10.2. The maximum Gasteiger partial charge on any atom is 0.244 e. The lowest BCUT2D eigenvalue weighted by Crippen LogP contribution is -2.33. The van der Waals surface area contributed by atoms with E-state index in [2.05, 4.69) is 11.8 Å². The molecule has 0 saturated heterocycles. The molecule has 6 nitrogen and oxygen atoms in total. The highest BCUT2D eigenvalue weighted by molar-refractivity contribution is 7.89. The van der Waals surface area contributed by atoms with Gasteiger partial charge in [0.05, 0.1) is 22.9 Å². The van der Waals surface area contributed by atoms with Crippen LogP contribution in [0.25, 0.3) is 0 Å². The summed E-state index contributed by atoms with van der Waals surface area (Å²) in [6.45, 7) is 3.49. The van der Waals surface area contributed by atoms with Crippen LogP contribution in [0, 0.1) is 38.5 Å². The van der Waals surface area contributed by atoms with Gasteiger partial charge >= 0.3 is 0 Å². The van der Waals surface area contributed by atoms with Crippen LogP contribution in [0.3, 0.4) is 0 Å². The van der Waals surface area contributed by atoms with Gasteiger partial charge in [-0.15, -0.1) is 12.8 Å². The summed E-state index contributed by atoms with van der Waals surface area (Å²) in [5, 5.41) is 0. The molecule has 0 radical (unpaired) electrons. The zero-order chi connectivity index (χ0) is 23.8. The van der Waals surface area contributed by atoms with Crippen molar-refractivity contribution in [2.45, 2.75) is 23.6 Å². The number of hydrogen-bond acceptors (Lipinski definition) is 4. The van der Waals surface area contributed by atoms with Crippen LogP contribution in [0.4, 0.5) is 0 Å². The molecule has 2 aromatic rings. The summed E-state index contributed by atoms with van der Waals surface area (Å²) in [4.78, 5) is 0.283. The summed E-state index contributed by atoms with van der Waals surface area (Å²) in [6, 6.07) is 13.0. The molecule has 0 saturated carbocycles. The molecule has 0 unspecified atom stereocenters. The van der Waals surface area contributed by atoms with Gasteiger partial charge in [-0.05, 0) is 38.1 Å². The summed E-state index contributed by atoms with van der Waals surface area (Å²) in [6.07, 6.45) is 13.9. The zero-order valence-corrected chi connectivity index (χ0v) is 19.7. The maximum atomic E-state index is 12.9. The minimum atomic E-state index is -3.79. The highest BCUT2D eigenvalue weighted by atomic mass is 32.2. The molecule has 0 aromatic heterocycles. The zero-order valence-electron chi connectivity index (χ0n) is 18.1. The van der Waals surface area contributed by atoms with Crippen molar-refractivity contribution in [1.82, 2.24) is 8.61 Å². The van der Waals surface area contributed by atoms with Crippen molar-refractivity contribution in [2.24, 2.45) is 0 Å². The third-order valence-corrected chi connectivity index (χ3v) is 8.29. The van der Waals surface area contributed by atoms with Gasteiger partial charge in [-0.3, -0.25) is 0 Å². The van der Waals surface area contributed by atoms with Gasteiger partial charge in [-0.2, -0.15) is 8.61 Å². The van der Waals surface area contributed by atoms with Crippen molar-refractivity contribution >= 4 is 20.0 Å². The number of sulfonamides is 2. The van der Waals surface area contributed by atoms with E-state index >= 15 is 0 Å². The van der Waals surface area contributed by atoms with Gasteiger partial charge in [0.15, 0.2) is 0 Å². The fourth-order valence-corrected chi connectivity index (χ4v) is 5.41. The number of aryl methyl sites for hydroxylation is 2. The molecule has 2 rings (SSSR count). The molecule has 0 fully saturated rings. The lowest BCUT2D eigenvalue weighted by molar-refractivity contribution is 0.470. The fourth-order valence-electron chi connectivity index (χ4n) is 2.80. The Bertz CT molecular complexity index is 1130. The first-order valence-corrected chi connectivity index (χ1v) is 12.7. The Morgan fingerprint density at radius 2 is 1.00 bits per heavy atom. The topological polar surface area (TPSA) is 74.8 Å². The molecule has 0 amide bonds. The quantitative estimate of drug-likeness (QED) is 0.395. The first-order valence-electron chi connectivity index (χ1n) is 9.78. The average Bonchev–Trinajstić information content (AvgIpc) is 2.75. The van der Waals surface area contributed by atoms with Gasteiger partial charge < -0.3 is 0 Å². The van der Waals surface area contributed by atoms with Crippen molar-refractivity contribution < 1.29 is 16.8 Å². The first-order chi connectivity index (χ1) is 15.1. The second-order valence-electron chi connectivity index (χ2n) is 7.10. The summed E-state index contributed by atoms with van der Waals surface area (Å²) < 4.78 is 53.9. The van der Waals surface area contributed by atoms with E-state index in [0.29, 0.717) is 0 Å². The van der Waals surface area contributed by atoms with Crippen LogP contribution in [-0.2, 0) is 20.0 Å². The number of hydrogen-bond donors (Lipinski definition) is 0. The van der Waals surface area contributed by atoms with Crippen LogP contribution >= 0.6 is 0 Å². The Morgan fingerprint density at radius 3 is 1.28 bits per heavy atom. The van der Waals surface area contributed by atoms with E-state index < -0.39 is 20.0 Å². The molecule has 0 atom stereocenters. The Labute approximate surface area is 191 Å². The Hall–Kier alpha value is -2.88. The van der Waals surface area contributed by atoms with Gasteiger partial charge in [0.1, 0.15) is 0 Å². The predicted molar refractivity (Wildman–Crippen MR) is 127 cm³/mol. The molecule has 32 heavy (non-hydrogen) atoms. The van der Waals surface area contributed by atoms with E-state index in [1.165, 1.54) is 24.3 Å². The van der Waals surface area contributed by atoms with Crippen LogP contribution < -0.4 is 0 Å². The standard InChI is InChI=1S/C24H26N2O4S2/c1-5-17-25(31(27,28)23-13-9-21(3)10-14-23)19-7-8-20-26(18-6-2)32(29,30)24-15-11-22(4)12-16-24/h1-2,7-16H,17-20H2,3-4H3/b8-7+. The summed E-state index contributed by atoms with van der Waals surface area (Å²) in [5.74, 6) is 4.71. The van der Waals surface area contributed by atoms with E-state index in [-0.39, 0.29) is 36.0 Å². The van der Waals surface area contributed by atoms with Gasteiger partial charge in [-0.25, -0.2) is 16.8 Å². The molecule has 8 heteroatoms. The summed E-state index contributed by atoms with van der Waals surface area (Å²) in [7, 11) is -7.58. The van der Waals surface area contributed by atoms with E-state index in [1.807, 2.05) is 13.8 Å². The Morgan fingerprint density at radius 1 is 0.688 bits per heavy atom. The molecule has 0 aliphatic rings. The van der Waals surface area contributed by atoms with E-state index in [1.54, 1.807) is 36.4 Å². The number of benzene rings is 2. The van der Waals surface area contributed by atoms with Crippen molar-refractivity contribution in [2.75, 3.05) is 26.2 Å². The smallest absolute Gasteiger partial charge is 0.207 e. The number of nitrogens with zero attached hydrogens (tertiary/aromatic N) is 2.